The summed E-state index contributed by atoms with van der Waals surface area (Å²) in [4.78, 5) is 16.6. The largest absolute Gasteiger partial charge is 0.294 e. The summed E-state index contributed by atoms with van der Waals surface area (Å²) in [6.45, 7) is 2.74. The highest BCUT2D eigenvalue weighted by Crippen LogP contribution is 2.21. The maximum Gasteiger partial charge on any atom is 0.179 e. The van der Waals surface area contributed by atoms with Gasteiger partial charge in [-0.05, 0) is 37.3 Å². The van der Waals surface area contributed by atoms with Gasteiger partial charge in [0.1, 0.15) is 17.4 Å². The van der Waals surface area contributed by atoms with Gasteiger partial charge in [0.2, 0.25) is 0 Å². The summed E-state index contributed by atoms with van der Waals surface area (Å²) < 4.78 is 15.0. The molecule has 0 aliphatic carbocycles. The van der Waals surface area contributed by atoms with Crippen molar-refractivity contribution in [3.05, 3.63) is 71.2 Å². The van der Waals surface area contributed by atoms with Crippen LogP contribution in [0.15, 0.2) is 54.2 Å². The fraction of sp³-hybridized carbons (Fsp3) is 0.211. The van der Waals surface area contributed by atoms with Gasteiger partial charge < -0.3 is 0 Å². The zero-order valence-electron chi connectivity index (χ0n) is 13.4. The molecule has 0 saturated heterocycles. The molecule has 122 valence electrons. The number of nitrogens with zero attached hydrogens (tertiary/aromatic N) is 2. The number of carbonyl (C=O) groups is 1. The van der Waals surface area contributed by atoms with E-state index in [0.717, 1.165) is 29.2 Å². The number of Topliss-reactive ketones (excluding diaryl/α,β-unsaturated/α-hetero) is 1. The predicted molar refractivity (Wildman–Crippen MR) is 92.4 cm³/mol. The molecule has 24 heavy (non-hydrogen) atoms. The average Bonchev–Trinajstić information content (AvgIpc) is 3.02. The second-order valence-corrected chi connectivity index (χ2v) is 6.52. The number of hydrogen-bond acceptors (Lipinski definition) is 3. The number of halogens is 1. The highest BCUT2D eigenvalue weighted by Gasteiger charge is 2.10. The van der Waals surface area contributed by atoms with Crippen molar-refractivity contribution in [1.82, 2.24) is 4.98 Å². The maximum atomic E-state index is 12.9. The Bertz CT molecular complexity index is 843. The van der Waals surface area contributed by atoms with E-state index in [-0.39, 0.29) is 11.6 Å². The third-order valence-corrected chi connectivity index (χ3v) is 4.72. The van der Waals surface area contributed by atoms with Crippen molar-refractivity contribution < 1.29 is 13.8 Å². The number of ketones is 1. The molecular formula is C19H18FN2OS+. The van der Waals surface area contributed by atoms with Crippen LogP contribution >= 0.6 is 11.3 Å². The minimum Gasteiger partial charge on any atom is -0.294 e. The third-order valence-electron chi connectivity index (χ3n) is 3.71. The molecule has 0 N–H and O–H groups in total. The van der Waals surface area contributed by atoms with Crippen molar-refractivity contribution >= 4 is 17.1 Å². The Kier molecular flexibility index (Phi) is 5.11. The quantitative estimate of drug-likeness (QED) is 0.497. The number of hydrogen-bond donors (Lipinski definition) is 0. The number of aromatic nitrogens is 2. The lowest BCUT2D eigenvalue weighted by Gasteiger charge is -2.01. The predicted octanol–water partition coefficient (Wildman–Crippen LogP) is 4.21. The number of thiazole rings is 1. The molecule has 5 heteroatoms. The molecule has 0 unspecified atom stereocenters. The molecule has 3 nitrogen and oxygen atoms in total. The van der Waals surface area contributed by atoms with Crippen LogP contribution in [-0.4, -0.2) is 10.8 Å². The monoisotopic (exact) mass is 341 g/mol. The topological polar surface area (TPSA) is 33.8 Å². The van der Waals surface area contributed by atoms with E-state index < -0.39 is 0 Å². The number of carbonyl (C=O) groups excluding carboxylic acids is 1. The third kappa shape index (κ3) is 4.11. The molecule has 3 aromatic rings. The van der Waals surface area contributed by atoms with Gasteiger partial charge >= 0.3 is 0 Å². The molecule has 0 aliphatic rings. The van der Waals surface area contributed by atoms with Gasteiger partial charge in [0.15, 0.2) is 18.2 Å². The van der Waals surface area contributed by atoms with E-state index in [0.29, 0.717) is 12.0 Å². The van der Waals surface area contributed by atoms with Gasteiger partial charge in [-0.25, -0.2) is 13.9 Å². The molecule has 0 fully saturated rings. The van der Waals surface area contributed by atoms with Gasteiger partial charge in [-0.1, -0.05) is 0 Å². The van der Waals surface area contributed by atoms with E-state index in [9.17, 15) is 9.18 Å². The Morgan fingerprint density at radius 1 is 1.25 bits per heavy atom. The Balaban J connectivity index is 1.59. The molecule has 0 atom stereocenters. The maximum absolute atomic E-state index is 12.9. The lowest BCUT2D eigenvalue weighted by Crippen LogP contribution is -2.33. The zero-order valence-corrected chi connectivity index (χ0v) is 14.2. The van der Waals surface area contributed by atoms with Crippen LogP contribution in [0.5, 0.6) is 0 Å². The number of pyridine rings is 1. The molecule has 0 bridgehead atoms. The molecule has 3 rings (SSSR count). The molecular weight excluding hydrogens is 323 g/mol. The molecule has 1 aromatic carbocycles. The van der Waals surface area contributed by atoms with Crippen molar-refractivity contribution in [2.75, 3.05) is 0 Å². The first-order valence-electron chi connectivity index (χ1n) is 7.82. The van der Waals surface area contributed by atoms with Crippen molar-refractivity contribution in [2.24, 2.45) is 0 Å². The minimum absolute atomic E-state index is 0.0438. The Labute approximate surface area is 144 Å². The second kappa shape index (κ2) is 7.45. The number of aryl methyl sites for hydroxylation is 2. The van der Waals surface area contributed by atoms with Crippen LogP contribution in [0.25, 0.3) is 10.6 Å². The standard InChI is InChI=1S/C19H18FN2OS/c1-14-13-24-19(21-14)16-4-2-10-22(12-16)11-3-5-18(23)15-6-8-17(20)9-7-15/h2,4,6-10,12-13H,3,5,11H2,1H3/q+1. The van der Waals surface area contributed by atoms with Crippen LogP contribution < -0.4 is 4.57 Å². The molecule has 0 aliphatic heterocycles. The van der Waals surface area contributed by atoms with E-state index in [1.165, 1.54) is 24.3 Å². The molecule has 0 saturated carbocycles. The molecule has 2 heterocycles. The number of benzene rings is 1. The summed E-state index contributed by atoms with van der Waals surface area (Å²) in [5.74, 6) is -0.279. The van der Waals surface area contributed by atoms with Crippen LogP contribution in [0.1, 0.15) is 28.9 Å². The normalized spacial score (nSPS) is 10.8. The summed E-state index contributed by atoms with van der Waals surface area (Å²) >= 11 is 1.63. The highest BCUT2D eigenvalue weighted by molar-refractivity contribution is 7.13. The van der Waals surface area contributed by atoms with Gasteiger partial charge in [-0.15, -0.1) is 11.3 Å². The molecule has 0 radical (unpaired) electrons. The van der Waals surface area contributed by atoms with Gasteiger partial charge in [0.05, 0.1) is 5.56 Å². The van der Waals surface area contributed by atoms with E-state index in [1.807, 2.05) is 30.6 Å². The van der Waals surface area contributed by atoms with Crippen molar-refractivity contribution in [2.45, 2.75) is 26.3 Å². The first-order chi connectivity index (χ1) is 11.6. The summed E-state index contributed by atoms with van der Waals surface area (Å²) in [5, 5.41) is 3.04. The minimum atomic E-state index is -0.323. The zero-order chi connectivity index (χ0) is 16.9. The van der Waals surface area contributed by atoms with E-state index in [2.05, 4.69) is 15.7 Å². The van der Waals surface area contributed by atoms with Gasteiger partial charge in [0, 0.05) is 35.5 Å². The Hall–Kier alpha value is -2.40. The summed E-state index contributed by atoms with van der Waals surface area (Å²) in [5.41, 5.74) is 2.67. The highest BCUT2D eigenvalue weighted by atomic mass is 32.1. The number of rotatable bonds is 6. The molecule has 0 amide bonds. The van der Waals surface area contributed by atoms with Crippen LogP contribution in [0.2, 0.25) is 0 Å². The van der Waals surface area contributed by atoms with Crippen LogP contribution in [-0.2, 0) is 6.54 Å². The lowest BCUT2D eigenvalue weighted by atomic mass is 10.1. The Morgan fingerprint density at radius 2 is 2.04 bits per heavy atom. The van der Waals surface area contributed by atoms with Gasteiger partial charge in [0.25, 0.3) is 0 Å². The first kappa shape index (κ1) is 16.5. The fourth-order valence-corrected chi connectivity index (χ4v) is 3.26. The van der Waals surface area contributed by atoms with E-state index in [4.69, 9.17) is 0 Å². The van der Waals surface area contributed by atoms with Crippen molar-refractivity contribution in [3.8, 4) is 10.6 Å². The molecule has 0 spiro atoms. The van der Waals surface area contributed by atoms with Crippen molar-refractivity contribution in [1.29, 1.82) is 0 Å². The summed E-state index contributed by atoms with van der Waals surface area (Å²) in [6, 6.07) is 9.75. The molecule has 2 aromatic heterocycles. The van der Waals surface area contributed by atoms with Crippen molar-refractivity contribution in [3.63, 3.8) is 0 Å². The van der Waals surface area contributed by atoms with E-state index in [1.54, 1.807) is 11.3 Å². The lowest BCUT2D eigenvalue weighted by molar-refractivity contribution is -0.696. The fourth-order valence-electron chi connectivity index (χ4n) is 2.48. The second-order valence-electron chi connectivity index (χ2n) is 5.66. The smallest absolute Gasteiger partial charge is 0.179 e. The van der Waals surface area contributed by atoms with Gasteiger partial charge in [-0.2, -0.15) is 0 Å². The van der Waals surface area contributed by atoms with Gasteiger partial charge in [-0.3, -0.25) is 4.79 Å². The average molecular weight is 341 g/mol. The first-order valence-corrected chi connectivity index (χ1v) is 8.70. The van der Waals surface area contributed by atoms with E-state index >= 15 is 0 Å². The summed E-state index contributed by atoms with van der Waals surface area (Å²) in [6.07, 6.45) is 5.23. The SMILES string of the molecule is Cc1csc(-c2ccc[n+](CCCC(=O)c3ccc(F)cc3)c2)n1. The summed E-state index contributed by atoms with van der Waals surface area (Å²) in [7, 11) is 0. The Morgan fingerprint density at radius 3 is 2.75 bits per heavy atom. The van der Waals surface area contributed by atoms with Crippen LogP contribution in [0, 0.1) is 12.7 Å². The van der Waals surface area contributed by atoms with Crippen LogP contribution in [0.3, 0.4) is 0 Å². The van der Waals surface area contributed by atoms with Crippen LogP contribution in [0.4, 0.5) is 4.39 Å².